The van der Waals surface area contributed by atoms with Gasteiger partial charge in [-0.05, 0) is 25.1 Å². The molecule has 0 aliphatic heterocycles. The van der Waals surface area contributed by atoms with E-state index in [0.29, 0.717) is 6.54 Å². The van der Waals surface area contributed by atoms with Crippen LogP contribution in [0.25, 0.3) is 0 Å². The highest BCUT2D eigenvalue weighted by Gasteiger charge is 2.12. The summed E-state index contributed by atoms with van der Waals surface area (Å²) >= 11 is 0. The summed E-state index contributed by atoms with van der Waals surface area (Å²) in [5, 5.41) is 10.1. The maximum atomic E-state index is 11.9. The lowest BCUT2D eigenvalue weighted by atomic mass is 10.2. The van der Waals surface area contributed by atoms with Gasteiger partial charge in [-0.15, -0.1) is 0 Å². The van der Waals surface area contributed by atoms with E-state index in [1.165, 1.54) is 0 Å². The molecule has 0 radical (unpaired) electrons. The molecule has 2 rings (SSSR count). The van der Waals surface area contributed by atoms with Gasteiger partial charge < -0.3 is 15.1 Å². The van der Waals surface area contributed by atoms with Crippen molar-refractivity contribution in [2.45, 2.75) is 25.9 Å². The summed E-state index contributed by atoms with van der Waals surface area (Å²) in [4.78, 5) is 11.9. The molecule has 1 amide bonds. The van der Waals surface area contributed by atoms with E-state index in [9.17, 15) is 4.79 Å². The number of nitrogens with one attached hydrogen (secondary N) is 2. The molecule has 0 spiro atoms. The number of carbonyl (C=O) groups is 1. The summed E-state index contributed by atoms with van der Waals surface area (Å²) in [6.45, 7) is 3.00. The molecule has 108 valence electrons. The molecular formula is C14H20N4O2. The molecule has 2 N–H and O–H groups in total. The van der Waals surface area contributed by atoms with Crippen LogP contribution in [0, 0.1) is 0 Å². The van der Waals surface area contributed by atoms with E-state index >= 15 is 0 Å². The summed E-state index contributed by atoms with van der Waals surface area (Å²) in [5.41, 5.74) is 1.14. The Morgan fingerprint density at radius 3 is 3.00 bits per heavy atom. The van der Waals surface area contributed by atoms with E-state index < -0.39 is 0 Å². The Kier molecular flexibility index (Phi) is 4.95. The third-order valence-corrected chi connectivity index (χ3v) is 3.16. The maximum Gasteiger partial charge on any atom is 0.237 e. The molecule has 0 saturated carbocycles. The van der Waals surface area contributed by atoms with Crippen LogP contribution in [0.3, 0.4) is 0 Å². The van der Waals surface area contributed by atoms with E-state index in [-0.39, 0.29) is 11.9 Å². The van der Waals surface area contributed by atoms with E-state index in [1.807, 2.05) is 30.8 Å². The average molecular weight is 276 g/mol. The van der Waals surface area contributed by atoms with Gasteiger partial charge in [-0.3, -0.25) is 9.48 Å². The fourth-order valence-corrected chi connectivity index (χ4v) is 1.90. The van der Waals surface area contributed by atoms with Crippen molar-refractivity contribution >= 4 is 5.91 Å². The van der Waals surface area contributed by atoms with Crippen molar-refractivity contribution in [2.75, 3.05) is 6.54 Å². The second-order valence-corrected chi connectivity index (χ2v) is 4.67. The molecule has 0 aliphatic rings. The van der Waals surface area contributed by atoms with Crippen LogP contribution < -0.4 is 10.6 Å². The SMILES string of the molecule is CC(NCCc1ccnn1C)C(=O)NCc1ccco1. The first-order valence-electron chi connectivity index (χ1n) is 6.67. The van der Waals surface area contributed by atoms with Crippen LogP contribution in [-0.2, 0) is 24.8 Å². The summed E-state index contributed by atoms with van der Waals surface area (Å²) < 4.78 is 7.00. The molecule has 2 aromatic rings. The first-order valence-corrected chi connectivity index (χ1v) is 6.67. The highest BCUT2D eigenvalue weighted by Crippen LogP contribution is 1.99. The predicted octanol–water partition coefficient (Wildman–Crippen LogP) is 0.850. The number of aromatic nitrogens is 2. The Labute approximate surface area is 118 Å². The molecule has 1 unspecified atom stereocenters. The lowest BCUT2D eigenvalue weighted by molar-refractivity contribution is -0.123. The zero-order valence-corrected chi connectivity index (χ0v) is 11.8. The van der Waals surface area contributed by atoms with Gasteiger partial charge in [0.25, 0.3) is 0 Å². The molecule has 2 aromatic heterocycles. The number of aryl methyl sites for hydroxylation is 1. The van der Waals surface area contributed by atoms with Crippen LogP contribution >= 0.6 is 0 Å². The van der Waals surface area contributed by atoms with E-state index in [2.05, 4.69) is 15.7 Å². The molecule has 0 fully saturated rings. The van der Waals surface area contributed by atoms with E-state index in [0.717, 1.165) is 24.4 Å². The number of nitrogens with zero attached hydrogens (tertiary/aromatic N) is 2. The highest BCUT2D eigenvalue weighted by atomic mass is 16.3. The molecule has 6 nitrogen and oxygen atoms in total. The van der Waals surface area contributed by atoms with Gasteiger partial charge in [0, 0.05) is 31.9 Å². The molecule has 0 saturated heterocycles. The van der Waals surface area contributed by atoms with Gasteiger partial charge in [0.05, 0.1) is 18.8 Å². The lowest BCUT2D eigenvalue weighted by Gasteiger charge is -2.13. The number of hydrogen-bond acceptors (Lipinski definition) is 4. The number of carbonyl (C=O) groups excluding carboxylic acids is 1. The van der Waals surface area contributed by atoms with Gasteiger partial charge in [-0.2, -0.15) is 5.10 Å². The monoisotopic (exact) mass is 276 g/mol. The van der Waals surface area contributed by atoms with E-state index in [4.69, 9.17) is 4.42 Å². The Morgan fingerprint density at radius 2 is 2.35 bits per heavy atom. The first-order chi connectivity index (χ1) is 9.66. The van der Waals surface area contributed by atoms with Crippen LogP contribution in [0.15, 0.2) is 35.1 Å². The summed E-state index contributed by atoms with van der Waals surface area (Å²) in [5.74, 6) is 0.715. The van der Waals surface area contributed by atoms with Crippen LogP contribution in [0.2, 0.25) is 0 Å². The smallest absolute Gasteiger partial charge is 0.237 e. The minimum absolute atomic E-state index is 0.0357. The maximum absolute atomic E-state index is 11.9. The molecule has 1 atom stereocenters. The summed E-state index contributed by atoms with van der Waals surface area (Å²) in [7, 11) is 1.91. The van der Waals surface area contributed by atoms with Crippen molar-refractivity contribution in [1.82, 2.24) is 20.4 Å². The van der Waals surface area contributed by atoms with Gasteiger partial charge >= 0.3 is 0 Å². The molecule has 0 bridgehead atoms. The average Bonchev–Trinajstić information content (AvgIpc) is 3.08. The Hall–Kier alpha value is -2.08. The number of rotatable bonds is 7. The number of hydrogen-bond donors (Lipinski definition) is 2. The molecule has 6 heteroatoms. The second kappa shape index (κ2) is 6.91. The minimum Gasteiger partial charge on any atom is -0.467 e. The molecule has 2 heterocycles. The van der Waals surface area contributed by atoms with E-state index in [1.54, 1.807) is 18.5 Å². The van der Waals surface area contributed by atoms with Gasteiger partial charge in [-0.25, -0.2) is 0 Å². The van der Waals surface area contributed by atoms with Crippen LogP contribution in [0.1, 0.15) is 18.4 Å². The fourth-order valence-electron chi connectivity index (χ4n) is 1.90. The first kappa shape index (κ1) is 14.3. The molecule has 0 aliphatic carbocycles. The van der Waals surface area contributed by atoms with Gasteiger partial charge in [0.2, 0.25) is 5.91 Å². The zero-order chi connectivity index (χ0) is 14.4. The second-order valence-electron chi connectivity index (χ2n) is 4.67. The Bertz CT molecular complexity index is 533. The molecule has 20 heavy (non-hydrogen) atoms. The van der Waals surface area contributed by atoms with Crippen LogP contribution in [-0.4, -0.2) is 28.3 Å². The Morgan fingerprint density at radius 1 is 1.50 bits per heavy atom. The van der Waals surface area contributed by atoms with Gasteiger partial charge in [0.15, 0.2) is 0 Å². The van der Waals surface area contributed by atoms with Crippen molar-refractivity contribution in [3.8, 4) is 0 Å². The van der Waals surface area contributed by atoms with Crippen molar-refractivity contribution in [2.24, 2.45) is 7.05 Å². The topological polar surface area (TPSA) is 72.1 Å². The quantitative estimate of drug-likeness (QED) is 0.786. The van der Waals surface area contributed by atoms with Gasteiger partial charge in [-0.1, -0.05) is 0 Å². The zero-order valence-electron chi connectivity index (χ0n) is 11.8. The van der Waals surface area contributed by atoms with Crippen LogP contribution in [0.4, 0.5) is 0 Å². The molecular weight excluding hydrogens is 256 g/mol. The fraction of sp³-hybridized carbons (Fsp3) is 0.429. The number of furan rings is 1. The van der Waals surface area contributed by atoms with Crippen molar-refractivity contribution in [3.63, 3.8) is 0 Å². The summed E-state index contributed by atoms with van der Waals surface area (Å²) in [6, 6.07) is 5.37. The third kappa shape index (κ3) is 3.96. The predicted molar refractivity (Wildman–Crippen MR) is 74.9 cm³/mol. The molecule has 0 aromatic carbocycles. The van der Waals surface area contributed by atoms with Crippen molar-refractivity contribution in [1.29, 1.82) is 0 Å². The van der Waals surface area contributed by atoms with Crippen molar-refractivity contribution < 1.29 is 9.21 Å². The van der Waals surface area contributed by atoms with Crippen molar-refractivity contribution in [3.05, 3.63) is 42.1 Å². The largest absolute Gasteiger partial charge is 0.467 e. The lowest BCUT2D eigenvalue weighted by Crippen LogP contribution is -2.42. The Balaban J connectivity index is 1.67. The number of amides is 1. The van der Waals surface area contributed by atoms with Crippen LogP contribution in [0.5, 0.6) is 0 Å². The standard InChI is InChI=1S/C14H20N4O2/c1-11(14(19)16-10-13-4-3-9-20-13)15-7-5-12-6-8-17-18(12)2/h3-4,6,8-9,11,15H,5,7,10H2,1-2H3,(H,16,19). The van der Waals surface area contributed by atoms with Gasteiger partial charge in [0.1, 0.15) is 5.76 Å². The summed E-state index contributed by atoms with van der Waals surface area (Å²) in [6.07, 6.45) is 4.21. The normalized spacial score (nSPS) is 12.3. The highest BCUT2D eigenvalue weighted by molar-refractivity contribution is 5.81. The third-order valence-electron chi connectivity index (χ3n) is 3.16. The minimum atomic E-state index is -0.238.